The first-order valence-electron chi connectivity index (χ1n) is 5.04. The lowest BCUT2D eigenvalue weighted by atomic mass is 10.2. The van der Waals surface area contributed by atoms with E-state index in [0.29, 0.717) is 10.0 Å². The molecule has 0 heterocycles. The zero-order valence-electron chi connectivity index (χ0n) is 9.94. The minimum Gasteiger partial charge on any atom is -0.490 e. The lowest BCUT2D eigenvalue weighted by Gasteiger charge is -2.01. The number of rotatable bonds is 4. The number of benzene rings is 1. The first-order chi connectivity index (χ1) is 8.58. The zero-order chi connectivity index (χ0) is 13.5. The molecule has 0 fully saturated rings. The maximum atomic E-state index is 11.2. The molecule has 0 radical (unpaired) electrons. The summed E-state index contributed by atoms with van der Waals surface area (Å²) < 4.78 is 9.41. The van der Waals surface area contributed by atoms with Gasteiger partial charge >= 0.3 is 5.97 Å². The number of hydrogen-bond donors (Lipinski definition) is 0. The molecule has 0 N–H and O–H groups in total. The monoisotopic (exact) mass is 286 g/mol. The van der Waals surface area contributed by atoms with Crippen molar-refractivity contribution in [2.75, 3.05) is 14.2 Å². The maximum Gasteiger partial charge on any atom is 0.373 e. The van der Waals surface area contributed by atoms with E-state index in [-0.39, 0.29) is 5.76 Å². The smallest absolute Gasteiger partial charge is 0.373 e. The van der Waals surface area contributed by atoms with Crippen molar-refractivity contribution in [1.29, 1.82) is 0 Å². The van der Waals surface area contributed by atoms with Crippen LogP contribution in [-0.4, -0.2) is 20.2 Å². The number of allylic oxidation sites excluding steroid dienone is 2. The topological polar surface area (TPSA) is 35.5 Å². The molecule has 0 aliphatic heterocycles. The Balaban J connectivity index is 2.83. The molecule has 0 amide bonds. The van der Waals surface area contributed by atoms with Crippen LogP contribution in [0.5, 0.6) is 0 Å². The summed E-state index contributed by atoms with van der Waals surface area (Å²) in [5.41, 5.74) is 0.862. The van der Waals surface area contributed by atoms with Crippen LogP contribution >= 0.6 is 23.2 Å². The highest BCUT2D eigenvalue weighted by molar-refractivity contribution is 6.42. The standard InChI is InChI=1S/C13H12Cl2O3/c1-17-12(13(16)18-2)5-3-4-9-6-7-10(14)11(15)8-9/h3-8H,1-2H3. The second-order valence-corrected chi connectivity index (χ2v) is 4.07. The number of halogens is 2. The first-order valence-corrected chi connectivity index (χ1v) is 5.79. The van der Waals surface area contributed by atoms with E-state index >= 15 is 0 Å². The maximum absolute atomic E-state index is 11.2. The van der Waals surface area contributed by atoms with Crippen LogP contribution in [0.2, 0.25) is 10.0 Å². The Morgan fingerprint density at radius 2 is 1.89 bits per heavy atom. The molecule has 0 unspecified atom stereocenters. The second-order valence-electron chi connectivity index (χ2n) is 3.26. The van der Waals surface area contributed by atoms with Crippen molar-refractivity contribution in [2.45, 2.75) is 0 Å². The summed E-state index contributed by atoms with van der Waals surface area (Å²) in [6.07, 6.45) is 4.94. The fraction of sp³-hybridized carbons (Fsp3) is 0.154. The van der Waals surface area contributed by atoms with Crippen LogP contribution in [0.25, 0.3) is 6.08 Å². The number of ether oxygens (including phenoxy) is 2. The van der Waals surface area contributed by atoms with Gasteiger partial charge in [-0.3, -0.25) is 0 Å². The molecule has 0 aliphatic rings. The average molecular weight is 287 g/mol. The molecular weight excluding hydrogens is 275 g/mol. The van der Waals surface area contributed by atoms with Crippen LogP contribution in [0.15, 0.2) is 36.1 Å². The van der Waals surface area contributed by atoms with Crippen molar-refractivity contribution in [3.8, 4) is 0 Å². The van der Waals surface area contributed by atoms with E-state index in [1.165, 1.54) is 20.3 Å². The summed E-state index contributed by atoms with van der Waals surface area (Å²) in [4.78, 5) is 11.2. The number of carbonyl (C=O) groups excluding carboxylic acids is 1. The van der Waals surface area contributed by atoms with Crippen molar-refractivity contribution < 1.29 is 14.3 Å². The Bertz CT molecular complexity index is 493. The second kappa shape index (κ2) is 7.09. The molecule has 18 heavy (non-hydrogen) atoms. The van der Waals surface area contributed by atoms with Gasteiger partial charge in [0.15, 0.2) is 0 Å². The van der Waals surface area contributed by atoms with Gasteiger partial charge in [-0.15, -0.1) is 0 Å². The van der Waals surface area contributed by atoms with Crippen LogP contribution in [-0.2, 0) is 14.3 Å². The van der Waals surface area contributed by atoms with Gasteiger partial charge in [0.2, 0.25) is 5.76 Å². The number of carbonyl (C=O) groups is 1. The largest absolute Gasteiger partial charge is 0.490 e. The summed E-state index contributed by atoms with van der Waals surface area (Å²) in [7, 11) is 2.69. The van der Waals surface area contributed by atoms with Crippen molar-refractivity contribution >= 4 is 35.2 Å². The molecular formula is C13H12Cl2O3. The highest BCUT2D eigenvalue weighted by Crippen LogP contribution is 2.23. The molecule has 1 aromatic carbocycles. The van der Waals surface area contributed by atoms with E-state index in [1.807, 2.05) is 6.07 Å². The van der Waals surface area contributed by atoms with Gasteiger partial charge in [0.05, 0.1) is 24.3 Å². The van der Waals surface area contributed by atoms with Gasteiger partial charge in [-0.2, -0.15) is 0 Å². The summed E-state index contributed by atoms with van der Waals surface area (Å²) in [6.45, 7) is 0. The summed E-state index contributed by atoms with van der Waals surface area (Å²) in [6, 6.07) is 5.23. The van der Waals surface area contributed by atoms with Crippen molar-refractivity contribution in [2.24, 2.45) is 0 Å². The third-order valence-corrected chi connectivity index (χ3v) is 2.83. The summed E-state index contributed by atoms with van der Waals surface area (Å²) >= 11 is 11.7. The van der Waals surface area contributed by atoms with E-state index < -0.39 is 5.97 Å². The zero-order valence-corrected chi connectivity index (χ0v) is 11.5. The lowest BCUT2D eigenvalue weighted by molar-refractivity contribution is -0.139. The number of esters is 1. The molecule has 0 atom stereocenters. The third kappa shape index (κ3) is 4.09. The van der Waals surface area contributed by atoms with Crippen molar-refractivity contribution in [1.82, 2.24) is 0 Å². The van der Waals surface area contributed by atoms with E-state index in [1.54, 1.807) is 24.3 Å². The Hall–Kier alpha value is -1.45. The molecule has 0 saturated carbocycles. The Labute approximate surface area is 116 Å². The minimum atomic E-state index is -0.531. The van der Waals surface area contributed by atoms with Gasteiger partial charge in [-0.25, -0.2) is 4.79 Å². The third-order valence-electron chi connectivity index (χ3n) is 2.09. The van der Waals surface area contributed by atoms with Crippen LogP contribution in [0.4, 0.5) is 0 Å². The minimum absolute atomic E-state index is 0.119. The quantitative estimate of drug-likeness (QED) is 0.366. The molecule has 0 spiro atoms. The van der Waals surface area contributed by atoms with Crippen LogP contribution < -0.4 is 0 Å². The number of methoxy groups -OCH3 is 2. The van der Waals surface area contributed by atoms with Gasteiger partial charge in [0.25, 0.3) is 0 Å². The molecule has 96 valence electrons. The van der Waals surface area contributed by atoms with Gasteiger partial charge in [-0.1, -0.05) is 41.4 Å². The van der Waals surface area contributed by atoms with Gasteiger partial charge in [-0.05, 0) is 23.8 Å². The van der Waals surface area contributed by atoms with Crippen LogP contribution in [0.1, 0.15) is 5.56 Å². The average Bonchev–Trinajstić information content (AvgIpc) is 2.38. The highest BCUT2D eigenvalue weighted by Gasteiger charge is 2.07. The fourth-order valence-electron chi connectivity index (χ4n) is 1.18. The predicted octanol–water partition coefficient (Wildman–Crippen LogP) is 3.71. The number of hydrogen-bond acceptors (Lipinski definition) is 3. The molecule has 1 aromatic rings. The van der Waals surface area contributed by atoms with E-state index in [9.17, 15) is 4.79 Å². The van der Waals surface area contributed by atoms with E-state index in [2.05, 4.69) is 4.74 Å². The Morgan fingerprint density at radius 1 is 1.17 bits per heavy atom. The Kier molecular flexibility index (Phi) is 5.75. The van der Waals surface area contributed by atoms with Gasteiger partial charge in [0.1, 0.15) is 0 Å². The summed E-state index contributed by atoms with van der Waals surface area (Å²) in [5, 5.41) is 0.972. The van der Waals surface area contributed by atoms with Crippen LogP contribution in [0.3, 0.4) is 0 Å². The van der Waals surface area contributed by atoms with Gasteiger partial charge in [0, 0.05) is 0 Å². The van der Waals surface area contributed by atoms with E-state index in [0.717, 1.165) is 5.56 Å². The normalized spacial score (nSPS) is 11.7. The first kappa shape index (κ1) is 14.6. The van der Waals surface area contributed by atoms with Crippen LogP contribution in [0, 0.1) is 0 Å². The molecule has 0 aliphatic carbocycles. The fourth-order valence-corrected chi connectivity index (χ4v) is 1.49. The predicted molar refractivity (Wildman–Crippen MR) is 72.6 cm³/mol. The molecule has 0 bridgehead atoms. The molecule has 1 rings (SSSR count). The van der Waals surface area contributed by atoms with Gasteiger partial charge < -0.3 is 9.47 Å². The highest BCUT2D eigenvalue weighted by atomic mass is 35.5. The summed E-state index contributed by atoms with van der Waals surface area (Å²) in [5.74, 6) is -0.412. The van der Waals surface area contributed by atoms with E-state index in [4.69, 9.17) is 27.9 Å². The van der Waals surface area contributed by atoms with Crippen molar-refractivity contribution in [3.63, 3.8) is 0 Å². The lowest BCUT2D eigenvalue weighted by Crippen LogP contribution is -2.05. The molecule has 3 nitrogen and oxygen atoms in total. The molecule has 0 saturated heterocycles. The Morgan fingerprint density at radius 3 is 2.44 bits per heavy atom. The SMILES string of the molecule is COC(=O)C(=CC=Cc1ccc(Cl)c(Cl)c1)OC. The van der Waals surface area contributed by atoms with Crippen molar-refractivity contribution in [3.05, 3.63) is 51.7 Å². The molecule has 0 aromatic heterocycles. The molecule has 5 heteroatoms.